The van der Waals surface area contributed by atoms with Gasteiger partial charge in [-0.1, -0.05) is 12.1 Å². The molecular weight excluding hydrogens is 379 g/mol. The van der Waals surface area contributed by atoms with Gasteiger partial charge in [-0.3, -0.25) is 19.4 Å². The van der Waals surface area contributed by atoms with Gasteiger partial charge in [0.05, 0.1) is 19.6 Å². The van der Waals surface area contributed by atoms with E-state index in [1.54, 1.807) is 18.3 Å². The van der Waals surface area contributed by atoms with Crippen LogP contribution in [0.4, 0.5) is 4.39 Å². The molecule has 3 rings (SSSR count). The Kier molecular flexibility index (Phi) is 6.06. The monoisotopic (exact) mass is 400 g/mol. The zero-order valence-electron chi connectivity index (χ0n) is 15.9. The van der Waals surface area contributed by atoms with E-state index in [4.69, 9.17) is 10.5 Å². The van der Waals surface area contributed by atoms with Gasteiger partial charge in [-0.2, -0.15) is 0 Å². The minimum Gasteiger partial charge on any atom is -0.481 e. The summed E-state index contributed by atoms with van der Waals surface area (Å²) in [6.45, 7) is 0.115. The number of likely N-dealkylation sites (N-methyl/N-ethyl adjacent to an activating group) is 1. The maximum Gasteiger partial charge on any atom is 0.262 e. The van der Waals surface area contributed by atoms with E-state index in [0.29, 0.717) is 17.8 Å². The Balaban J connectivity index is 2.02. The van der Waals surface area contributed by atoms with Gasteiger partial charge in [-0.25, -0.2) is 4.39 Å². The third-order valence-corrected chi connectivity index (χ3v) is 4.64. The number of aliphatic imine (C=N–C) groups is 1. The molecule has 1 atom stereocenters. The number of primary amides is 1. The summed E-state index contributed by atoms with van der Waals surface area (Å²) in [5.74, 6) is -1.80. The zero-order chi connectivity index (χ0) is 21.0. The van der Waals surface area contributed by atoms with E-state index in [-0.39, 0.29) is 31.0 Å². The number of ether oxygens (including phenoxy) is 1. The highest BCUT2D eigenvalue weighted by atomic mass is 19.1. The van der Waals surface area contributed by atoms with Gasteiger partial charge in [-0.05, 0) is 23.8 Å². The molecule has 9 heteroatoms. The quantitative estimate of drug-likeness (QED) is 0.697. The van der Waals surface area contributed by atoms with Crippen molar-refractivity contribution in [2.75, 3.05) is 26.7 Å². The summed E-state index contributed by atoms with van der Waals surface area (Å²) >= 11 is 0. The van der Waals surface area contributed by atoms with Crippen molar-refractivity contribution in [2.24, 2.45) is 10.7 Å². The van der Waals surface area contributed by atoms with Crippen LogP contribution >= 0.6 is 0 Å². The zero-order valence-corrected chi connectivity index (χ0v) is 15.9. The van der Waals surface area contributed by atoms with Crippen molar-refractivity contribution in [3.8, 4) is 0 Å². The number of carbonyl (C=O) groups is 3. The van der Waals surface area contributed by atoms with Crippen LogP contribution < -0.4 is 11.1 Å². The summed E-state index contributed by atoms with van der Waals surface area (Å²) in [6, 6.07) is 5.99. The maximum absolute atomic E-state index is 13.2. The Labute approximate surface area is 166 Å². The predicted molar refractivity (Wildman–Crippen MR) is 103 cm³/mol. The molecule has 152 valence electrons. The Morgan fingerprint density at radius 2 is 2.07 bits per heavy atom. The molecule has 2 bridgehead atoms. The number of hydrogen-bond donors (Lipinski definition) is 2. The summed E-state index contributed by atoms with van der Waals surface area (Å²) < 4.78 is 19.1. The van der Waals surface area contributed by atoms with E-state index in [2.05, 4.69) is 10.3 Å². The van der Waals surface area contributed by atoms with Crippen molar-refractivity contribution in [3.05, 3.63) is 58.6 Å². The van der Waals surface area contributed by atoms with Gasteiger partial charge in [0, 0.05) is 25.3 Å². The maximum atomic E-state index is 13.2. The van der Waals surface area contributed by atoms with E-state index in [0.717, 1.165) is 5.56 Å². The molecule has 3 amide bonds. The number of fused-ring (bicyclic) bond motifs is 2. The molecule has 0 aromatic heterocycles. The molecule has 1 unspecified atom stereocenters. The van der Waals surface area contributed by atoms with Crippen molar-refractivity contribution < 1.29 is 23.5 Å². The van der Waals surface area contributed by atoms with Gasteiger partial charge in [0.2, 0.25) is 0 Å². The van der Waals surface area contributed by atoms with Crippen molar-refractivity contribution in [1.82, 2.24) is 10.2 Å². The molecule has 0 spiro atoms. The van der Waals surface area contributed by atoms with Crippen LogP contribution in [0.3, 0.4) is 0 Å². The SMILES string of the molecule is CNC(=O)C1CN2C/C(=C(/Cc3ccc(F)cc3)C=NC/C=C(/C(N)=O)C2=O)O1. The predicted octanol–water partition coefficient (Wildman–Crippen LogP) is 0.0918. The molecule has 2 aliphatic rings. The smallest absolute Gasteiger partial charge is 0.262 e. The largest absolute Gasteiger partial charge is 0.481 e. The highest BCUT2D eigenvalue weighted by Crippen LogP contribution is 2.22. The molecule has 8 nitrogen and oxygen atoms in total. The number of morpholine rings is 1. The number of benzene rings is 1. The molecule has 2 aliphatic heterocycles. The van der Waals surface area contributed by atoms with Gasteiger partial charge >= 0.3 is 0 Å². The van der Waals surface area contributed by atoms with Crippen LogP contribution in [-0.4, -0.2) is 61.6 Å². The third-order valence-electron chi connectivity index (χ3n) is 4.64. The van der Waals surface area contributed by atoms with E-state index >= 15 is 0 Å². The van der Waals surface area contributed by atoms with Gasteiger partial charge in [0.25, 0.3) is 17.7 Å². The Morgan fingerprint density at radius 3 is 2.72 bits per heavy atom. The number of nitrogens with two attached hydrogens (primary N) is 1. The highest BCUT2D eigenvalue weighted by molar-refractivity contribution is 6.18. The first-order chi connectivity index (χ1) is 13.9. The van der Waals surface area contributed by atoms with Crippen molar-refractivity contribution in [1.29, 1.82) is 0 Å². The molecule has 0 saturated carbocycles. The van der Waals surface area contributed by atoms with Crippen molar-refractivity contribution in [3.63, 3.8) is 0 Å². The summed E-state index contributed by atoms with van der Waals surface area (Å²) in [4.78, 5) is 42.3. The highest BCUT2D eigenvalue weighted by Gasteiger charge is 2.35. The Morgan fingerprint density at radius 1 is 1.34 bits per heavy atom. The molecule has 1 aromatic carbocycles. The molecular formula is C20H21FN4O4. The lowest BCUT2D eigenvalue weighted by Crippen LogP contribution is -2.51. The van der Waals surface area contributed by atoms with Crippen LogP contribution in [0.5, 0.6) is 0 Å². The summed E-state index contributed by atoms with van der Waals surface area (Å²) in [7, 11) is 1.47. The second-order valence-corrected chi connectivity index (χ2v) is 6.63. The lowest BCUT2D eigenvalue weighted by molar-refractivity contribution is -0.140. The summed E-state index contributed by atoms with van der Waals surface area (Å²) in [5.41, 5.74) is 6.63. The minimum absolute atomic E-state index is 0.0202. The minimum atomic E-state index is -0.946. The first-order valence-corrected chi connectivity index (χ1v) is 9.02. The summed E-state index contributed by atoms with van der Waals surface area (Å²) in [5, 5.41) is 2.50. The average Bonchev–Trinajstić information content (AvgIpc) is 2.72. The topological polar surface area (TPSA) is 114 Å². The van der Waals surface area contributed by atoms with Crippen molar-refractivity contribution >= 4 is 23.9 Å². The van der Waals surface area contributed by atoms with Crippen molar-refractivity contribution in [2.45, 2.75) is 12.5 Å². The molecule has 1 saturated heterocycles. The van der Waals surface area contributed by atoms with Crippen LogP contribution in [0.1, 0.15) is 5.56 Å². The fourth-order valence-electron chi connectivity index (χ4n) is 3.12. The average molecular weight is 400 g/mol. The van der Waals surface area contributed by atoms with Gasteiger partial charge in [0.1, 0.15) is 17.1 Å². The van der Waals surface area contributed by atoms with E-state index in [1.807, 2.05) is 0 Å². The fraction of sp³-hybridized carbons (Fsp3) is 0.300. The number of halogens is 1. The normalized spacial score (nSPS) is 23.7. The Bertz CT molecular complexity index is 921. The second-order valence-electron chi connectivity index (χ2n) is 6.63. The van der Waals surface area contributed by atoms with Gasteiger partial charge in [-0.15, -0.1) is 0 Å². The van der Waals surface area contributed by atoms with Gasteiger partial charge < -0.3 is 20.7 Å². The molecule has 0 radical (unpaired) electrons. The molecule has 1 aromatic rings. The van der Waals surface area contributed by atoms with Crippen LogP contribution in [0, 0.1) is 5.82 Å². The second kappa shape index (κ2) is 8.68. The lowest BCUT2D eigenvalue weighted by atomic mass is 10.0. The van der Waals surface area contributed by atoms with E-state index in [9.17, 15) is 18.8 Å². The molecule has 3 N–H and O–H groups in total. The summed E-state index contributed by atoms with van der Waals surface area (Å²) in [6.07, 6.45) is 2.37. The fourth-order valence-corrected chi connectivity index (χ4v) is 3.12. The number of hydrogen-bond acceptors (Lipinski definition) is 5. The van der Waals surface area contributed by atoms with Crippen LogP contribution in [0.2, 0.25) is 0 Å². The molecule has 2 heterocycles. The lowest BCUT2D eigenvalue weighted by Gasteiger charge is -2.35. The standard InChI is InChI=1S/C20H21FN4O4/c1-23-19(27)17-11-25-10-16(29-17)13(8-12-2-4-14(21)5-3-12)9-24-7-6-15(18(22)26)20(25)28/h2-6,9,17H,7-8,10-11H2,1H3,(H2,22,26)(H,23,27)/b15-6-,16-13+,24-9?. The van der Waals surface area contributed by atoms with Gasteiger partial charge in [0.15, 0.2) is 6.10 Å². The number of amides is 3. The number of nitrogens with zero attached hydrogens (tertiary/aromatic N) is 2. The number of allylic oxidation sites excluding steroid dienone is 1. The first-order valence-electron chi connectivity index (χ1n) is 9.02. The number of nitrogens with one attached hydrogen (secondary N) is 1. The first kappa shape index (κ1) is 20.2. The molecule has 29 heavy (non-hydrogen) atoms. The number of rotatable bonds is 4. The van der Waals surface area contributed by atoms with E-state index < -0.39 is 23.8 Å². The Hall–Kier alpha value is -3.49. The number of carbonyl (C=O) groups excluding carboxylic acids is 3. The van der Waals surface area contributed by atoms with E-state index in [1.165, 1.54) is 30.2 Å². The third kappa shape index (κ3) is 4.68. The molecule has 1 fully saturated rings. The molecule has 0 aliphatic carbocycles. The van der Waals surface area contributed by atoms with Crippen LogP contribution in [-0.2, 0) is 25.5 Å². The van der Waals surface area contributed by atoms with Crippen LogP contribution in [0.15, 0.2) is 52.2 Å². The van der Waals surface area contributed by atoms with Crippen LogP contribution in [0.25, 0.3) is 0 Å².